The molecule has 1 N–H and O–H groups in total. The van der Waals surface area contributed by atoms with Gasteiger partial charge in [0.15, 0.2) is 0 Å². The number of hydrogen-bond acceptors (Lipinski definition) is 4. The van der Waals surface area contributed by atoms with Gasteiger partial charge in [-0.3, -0.25) is 0 Å². The quantitative estimate of drug-likeness (QED) is 0.741. The number of rotatable bonds is 3. The summed E-state index contributed by atoms with van der Waals surface area (Å²) >= 11 is 1.71. The second-order valence-electron chi connectivity index (χ2n) is 3.22. The minimum absolute atomic E-state index is 0.680. The Balaban J connectivity index is 1.70. The van der Waals surface area contributed by atoms with E-state index in [1.54, 1.807) is 11.3 Å². The molecule has 2 rings (SSSR count). The first-order chi connectivity index (χ1) is 5.84. The van der Waals surface area contributed by atoms with E-state index in [1.807, 2.05) is 11.6 Å². The highest BCUT2D eigenvalue weighted by Crippen LogP contribution is 2.07. The number of likely N-dealkylation sites (N-methyl/N-ethyl adjacent to an activating group) is 1. The lowest BCUT2D eigenvalue weighted by atomic mass is 10.1. The number of aromatic nitrogens is 1. The van der Waals surface area contributed by atoms with Crippen LogP contribution in [0.5, 0.6) is 0 Å². The van der Waals surface area contributed by atoms with Crippen molar-refractivity contribution in [1.29, 1.82) is 0 Å². The molecule has 1 fully saturated rings. The molecule has 0 aliphatic carbocycles. The van der Waals surface area contributed by atoms with Crippen molar-refractivity contribution < 1.29 is 0 Å². The summed E-state index contributed by atoms with van der Waals surface area (Å²) in [7, 11) is 2.14. The molecule has 4 heteroatoms. The molecule has 3 nitrogen and oxygen atoms in total. The smallest absolute Gasteiger partial charge is 0.106 e. The third-order valence-corrected chi connectivity index (χ3v) is 2.87. The minimum atomic E-state index is 0.680. The van der Waals surface area contributed by atoms with Crippen LogP contribution in [0.4, 0.5) is 0 Å². The van der Waals surface area contributed by atoms with E-state index in [0.29, 0.717) is 6.04 Å². The van der Waals surface area contributed by atoms with Crippen molar-refractivity contribution >= 4 is 11.3 Å². The van der Waals surface area contributed by atoms with Crippen molar-refractivity contribution in [2.24, 2.45) is 0 Å². The summed E-state index contributed by atoms with van der Waals surface area (Å²) in [5.74, 6) is 0. The van der Waals surface area contributed by atoms with Gasteiger partial charge in [0.05, 0.1) is 0 Å². The first-order valence-electron chi connectivity index (χ1n) is 4.15. The molecule has 1 aromatic heterocycles. The molecule has 0 spiro atoms. The van der Waals surface area contributed by atoms with Gasteiger partial charge in [0, 0.05) is 37.3 Å². The van der Waals surface area contributed by atoms with E-state index in [-0.39, 0.29) is 0 Å². The Morgan fingerprint density at radius 2 is 2.58 bits per heavy atom. The summed E-state index contributed by atoms with van der Waals surface area (Å²) in [5, 5.41) is 6.66. The number of hydrogen-bond donors (Lipinski definition) is 1. The molecule has 1 saturated heterocycles. The predicted octanol–water partition coefficient (Wildman–Crippen LogP) is 0.547. The van der Waals surface area contributed by atoms with Crippen LogP contribution in [0.2, 0.25) is 0 Å². The molecule has 0 saturated carbocycles. The second-order valence-corrected chi connectivity index (χ2v) is 4.20. The standard InChI is InChI=1S/C8H13N3S/c1-11-5-7(6-11)10-4-8-9-2-3-12-8/h2-3,7,10H,4-6H2,1H3. The van der Waals surface area contributed by atoms with Crippen LogP contribution in [0.3, 0.4) is 0 Å². The molecule has 66 valence electrons. The number of nitrogens with zero attached hydrogens (tertiary/aromatic N) is 2. The lowest BCUT2D eigenvalue weighted by Gasteiger charge is -2.36. The van der Waals surface area contributed by atoms with E-state index in [1.165, 1.54) is 18.1 Å². The molecular weight excluding hydrogens is 170 g/mol. The van der Waals surface area contributed by atoms with Crippen LogP contribution in [0, 0.1) is 0 Å². The Morgan fingerprint density at radius 1 is 1.75 bits per heavy atom. The Morgan fingerprint density at radius 3 is 3.17 bits per heavy atom. The third kappa shape index (κ3) is 1.83. The lowest BCUT2D eigenvalue weighted by Crippen LogP contribution is -2.55. The first kappa shape index (κ1) is 8.16. The maximum absolute atomic E-state index is 4.21. The van der Waals surface area contributed by atoms with Crippen LogP contribution in [0.1, 0.15) is 5.01 Å². The second kappa shape index (κ2) is 3.51. The Kier molecular flexibility index (Phi) is 2.39. The molecule has 0 unspecified atom stereocenters. The van der Waals surface area contributed by atoms with Gasteiger partial charge in [-0.1, -0.05) is 0 Å². The molecule has 1 aromatic rings. The lowest BCUT2D eigenvalue weighted by molar-refractivity contribution is 0.161. The van der Waals surface area contributed by atoms with Gasteiger partial charge in [-0.2, -0.15) is 0 Å². The van der Waals surface area contributed by atoms with Crippen LogP contribution >= 0.6 is 11.3 Å². The van der Waals surface area contributed by atoms with Crippen molar-refractivity contribution in [2.45, 2.75) is 12.6 Å². The molecule has 1 aliphatic heterocycles. The fraction of sp³-hybridized carbons (Fsp3) is 0.625. The van der Waals surface area contributed by atoms with Gasteiger partial charge in [0.25, 0.3) is 0 Å². The predicted molar refractivity (Wildman–Crippen MR) is 50.2 cm³/mol. The highest BCUT2D eigenvalue weighted by Gasteiger charge is 2.22. The van der Waals surface area contributed by atoms with E-state index < -0.39 is 0 Å². The fourth-order valence-electron chi connectivity index (χ4n) is 1.40. The minimum Gasteiger partial charge on any atom is -0.305 e. The summed E-state index contributed by atoms with van der Waals surface area (Å²) in [6, 6.07) is 0.680. The van der Waals surface area contributed by atoms with Gasteiger partial charge in [-0.05, 0) is 7.05 Å². The van der Waals surface area contributed by atoms with Crippen molar-refractivity contribution in [2.75, 3.05) is 20.1 Å². The van der Waals surface area contributed by atoms with E-state index in [2.05, 4.69) is 22.2 Å². The van der Waals surface area contributed by atoms with Crippen molar-refractivity contribution in [3.63, 3.8) is 0 Å². The summed E-state index contributed by atoms with van der Waals surface area (Å²) in [4.78, 5) is 6.51. The number of likely N-dealkylation sites (tertiary alicyclic amines) is 1. The summed E-state index contributed by atoms with van der Waals surface area (Å²) in [6.07, 6.45) is 1.86. The average Bonchev–Trinajstić information content (AvgIpc) is 2.47. The molecule has 12 heavy (non-hydrogen) atoms. The van der Waals surface area contributed by atoms with Crippen LogP contribution in [-0.4, -0.2) is 36.1 Å². The number of thiazole rings is 1. The molecule has 2 heterocycles. The van der Waals surface area contributed by atoms with E-state index in [9.17, 15) is 0 Å². The zero-order valence-corrected chi connectivity index (χ0v) is 7.97. The topological polar surface area (TPSA) is 28.2 Å². The molecule has 0 radical (unpaired) electrons. The highest BCUT2D eigenvalue weighted by molar-refractivity contribution is 7.09. The van der Waals surface area contributed by atoms with Crippen LogP contribution < -0.4 is 5.32 Å². The summed E-state index contributed by atoms with van der Waals surface area (Å²) in [5.41, 5.74) is 0. The monoisotopic (exact) mass is 183 g/mol. The first-order valence-corrected chi connectivity index (χ1v) is 5.03. The zero-order valence-electron chi connectivity index (χ0n) is 7.16. The van der Waals surface area contributed by atoms with Gasteiger partial charge in [0.2, 0.25) is 0 Å². The molecule has 0 amide bonds. The van der Waals surface area contributed by atoms with Crippen molar-refractivity contribution in [1.82, 2.24) is 15.2 Å². The average molecular weight is 183 g/mol. The van der Waals surface area contributed by atoms with Crippen LogP contribution in [-0.2, 0) is 6.54 Å². The van der Waals surface area contributed by atoms with E-state index in [0.717, 1.165) is 6.54 Å². The SMILES string of the molecule is CN1CC(NCc2nccs2)C1. The van der Waals surface area contributed by atoms with Gasteiger partial charge in [-0.15, -0.1) is 11.3 Å². The van der Waals surface area contributed by atoms with E-state index in [4.69, 9.17) is 0 Å². The Hall–Kier alpha value is -0.450. The zero-order chi connectivity index (χ0) is 8.39. The van der Waals surface area contributed by atoms with E-state index >= 15 is 0 Å². The van der Waals surface area contributed by atoms with Crippen LogP contribution in [0.25, 0.3) is 0 Å². The molecule has 0 bridgehead atoms. The molecule has 0 aromatic carbocycles. The molecule has 0 atom stereocenters. The van der Waals surface area contributed by atoms with Gasteiger partial charge in [-0.25, -0.2) is 4.98 Å². The molecular formula is C8H13N3S. The Labute approximate surface area is 76.4 Å². The maximum atomic E-state index is 4.21. The molecule has 1 aliphatic rings. The third-order valence-electron chi connectivity index (χ3n) is 2.09. The summed E-state index contributed by atoms with van der Waals surface area (Å²) in [6.45, 7) is 3.27. The van der Waals surface area contributed by atoms with Gasteiger partial charge >= 0.3 is 0 Å². The van der Waals surface area contributed by atoms with Crippen LogP contribution in [0.15, 0.2) is 11.6 Å². The largest absolute Gasteiger partial charge is 0.305 e. The fourth-order valence-corrected chi connectivity index (χ4v) is 1.97. The van der Waals surface area contributed by atoms with Crippen molar-refractivity contribution in [3.05, 3.63) is 16.6 Å². The van der Waals surface area contributed by atoms with Gasteiger partial charge in [0.1, 0.15) is 5.01 Å². The Bertz CT molecular complexity index is 228. The van der Waals surface area contributed by atoms with Gasteiger partial charge < -0.3 is 10.2 Å². The summed E-state index contributed by atoms with van der Waals surface area (Å²) < 4.78 is 0. The maximum Gasteiger partial charge on any atom is 0.106 e. The van der Waals surface area contributed by atoms with Crippen molar-refractivity contribution in [3.8, 4) is 0 Å². The highest BCUT2D eigenvalue weighted by atomic mass is 32.1. The number of nitrogens with one attached hydrogen (secondary N) is 1. The normalized spacial score (nSPS) is 19.4.